The van der Waals surface area contributed by atoms with Crippen molar-refractivity contribution in [2.45, 2.75) is 26.4 Å². The minimum atomic E-state index is 0.576. The second-order valence-electron chi connectivity index (χ2n) is 5.30. The van der Waals surface area contributed by atoms with Crippen LogP contribution in [0.15, 0.2) is 29.5 Å². The van der Waals surface area contributed by atoms with E-state index in [-0.39, 0.29) is 0 Å². The summed E-state index contributed by atoms with van der Waals surface area (Å²) in [6.45, 7) is 4.14. The normalized spacial score (nSPS) is 11.3. The topological polar surface area (TPSA) is 85.6 Å². The Morgan fingerprint density at radius 3 is 2.76 bits per heavy atom. The van der Waals surface area contributed by atoms with E-state index in [0.717, 1.165) is 42.6 Å². The Hall–Kier alpha value is -2.77. The molecule has 1 heterocycles. The maximum atomic E-state index is 5.45. The van der Waals surface area contributed by atoms with Gasteiger partial charge in [-0.2, -0.15) is 0 Å². The average molecular weight is 346 g/mol. The van der Waals surface area contributed by atoms with E-state index in [9.17, 15) is 0 Å². The summed E-state index contributed by atoms with van der Waals surface area (Å²) in [5.74, 6) is 3.14. The van der Waals surface area contributed by atoms with Crippen LogP contribution in [-0.2, 0) is 19.5 Å². The fraction of sp³-hybridized carbons (Fsp3) is 0.471. The highest BCUT2D eigenvalue weighted by Crippen LogP contribution is 2.30. The molecule has 25 heavy (non-hydrogen) atoms. The minimum absolute atomic E-state index is 0.576. The summed E-state index contributed by atoms with van der Waals surface area (Å²) < 4.78 is 12.8. The molecule has 0 fully saturated rings. The van der Waals surface area contributed by atoms with Crippen molar-refractivity contribution in [1.29, 1.82) is 0 Å². The van der Waals surface area contributed by atoms with Crippen LogP contribution in [0.25, 0.3) is 0 Å². The molecule has 0 aliphatic rings. The number of aromatic nitrogens is 3. The van der Waals surface area contributed by atoms with Crippen molar-refractivity contribution in [3.8, 4) is 11.5 Å². The van der Waals surface area contributed by atoms with Crippen molar-refractivity contribution >= 4 is 5.96 Å². The Morgan fingerprint density at radius 2 is 2.08 bits per heavy atom. The van der Waals surface area contributed by atoms with Crippen LogP contribution < -0.4 is 20.1 Å². The lowest BCUT2D eigenvalue weighted by Crippen LogP contribution is -2.38. The van der Waals surface area contributed by atoms with Gasteiger partial charge in [0.15, 0.2) is 17.5 Å². The van der Waals surface area contributed by atoms with E-state index in [2.05, 4.69) is 32.7 Å². The highest BCUT2D eigenvalue weighted by Gasteiger charge is 2.10. The van der Waals surface area contributed by atoms with Crippen LogP contribution in [-0.4, -0.2) is 48.5 Å². The summed E-state index contributed by atoms with van der Waals surface area (Å²) in [7, 11) is 5.01. The molecule has 0 amide bonds. The number of para-hydroxylation sites is 1. The number of hydrogen-bond acceptors (Lipinski definition) is 5. The third-order valence-corrected chi connectivity index (χ3v) is 3.81. The Bertz CT molecular complexity index is 698. The fourth-order valence-corrected chi connectivity index (χ4v) is 2.53. The quantitative estimate of drug-likeness (QED) is 0.552. The van der Waals surface area contributed by atoms with Crippen LogP contribution >= 0.6 is 0 Å². The summed E-state index contributed by atoms with van der Waals surface area (Å²) in [6.07, 6.45) is 2.61. The molecule has 0 atom stereocenters. The maximum Gasteiger partial charge on any atom is 0.191 e. The Kier molecular flexibility index (Phi) is 7.06. The number of hydrogen-bond donors (Lipinski definition) is 2. The number of rotatable bonds is 8. The molecule has 0 saturated heterocycles. The molecule has 1 aromatic carbocycles. The molecule has 0 saturated carbocycles. The number of aryl methyl sites for hydroxylation is 1. The smallest absolute Gasteiger partial charge is 0.191 e. The molecule has 0 aliphatic heterocycles. The van der Waals surface area contributed by atoms with Gasteiger partial charge < -0.3 is 24.7 Å². The first-order valence-corrected chi connectivity index (χ1v) is 8.24. The molecule has 0 unspecified atom stereocenters. The monoisotopic (exact) mass is 346 g/mol. The highest BCUT2D eigenvalue weighted by atomic mass is 16.5. The molecule has 2 N–H and O–H groups in total. The first kappa shape index (κ1) is 18.6. The van der Waals surface area contributed by atoms with Gasteiger partial charge in [-0.25, -0.2) is 0 Å². The predicted octanol–water partition coefficient (Wildman–Crippen LogP) is 1.22. The first-order chi connectivity index (χ1) is 12.2. The van der Waals surface area contributed by atoms with E-state index in [0.29, 0.717) is 12.3 Å². The Balaban J connectivity index is 1.89. The summed E-state index contributed by atoms with van der Waals surface area (Å²) >= 11 is 0. The standard InChI is InChI=1S/C17H26N6O2/c1-5-15-22-21-12-23(15)10-9-19-17(18-2)20-11-13-7-6-8-14(24-3)16(13)25-4/h6-8,12H,5,9-11H2,1-4H3,(H2,18,19,20). The summed E-state index contributed by atoms with van der Waals surface area (Å²) in [5, 5.41) is 14.6. The van der Waals surface area contributed by atoms with Gasteiger partial charge in [0, 0.05) is 38.7 Å². The summed E-state index contributed by atoms with van der Waals surface area (Å²) in [6, 6.07) is 5.80. The van der Waals surface area contributed by atoms with Crippen LogP contribution in [0.4, 0.5) is 0 Å². The average Bonchev–Trinajstić information content (AvgIpc) is 3.11. The number of nitrogens with one attached hydrogen (secondary N) is 2. The van der Waals surface area contributed by atoms with E-state index in [1.807, 2.05) is 22.8 Å². The molecule has 0 bridgehead atoms. The van der Waals surface area contributed by atoms with Crippen molar-refractivity contribution in [2.75, 3.05) is 27.8 Å². The van der Waals surface area contributed by atoms with Gasteiger partial charge in [-0.05, 0) is 6.07 Å². The molecule has 8 heteroatoms. The molecule has 2 rings (SSSR count). The van der Waals surface area contributed by atoms with Crippen molar-refractivity contribution < 1.29 is 9.47 Å². The number of ether oxygens (including phenoxy) is 2. The van der Waals surface area contributed by atoms with Crippen molar-refractivity contribution in [3.05, 3.63) is 35.9 Å². The fourth-order valence-electron chi connectivity index (χ4n) is 2.53. The zero-order valence-corrected chi connectivity index (χ0v) is 15.2. The zero-order chi connectivity index (χ0) is 18.1. The van der Waals surface area contributed by atoms with Crippen LogP contribution in [0.1, 0.15) is 18.3 Å². The van der Waals surface area contributed by atoms with Gasteiger partial charge in [-0.15, -0.1) is 10.2 Å². The maximum absolute atomic E-state index is 5.45. The largest absolute Gasteiger partial charge is 0.493 e. The number of aliphatic imine (C=N–C) groups is 1. The molecular weight excluding hydrogens is 320 g/mol. The lowest BCUT2D eigenvalue weighted by Gasteiger charge is -2.15. The molecule has 0 radical (unpaired) electrons. The van der Waals surface area contributed by atoms with Gasteiger partial charge >= 0.3 is 0 Å². The SMILES string of the molecule is CCc1nncn1CCNC(=NC)NCc1cccc(OC)c1OC. The van der Waals surface area contributed by atoms with E-state index in [1.54, 1.807) is 27.6 Å². The van der Waals surface area contributed by atoms with E-state index in [1.165, 1.54) is 0 Å². The van der Waals surface area contributed by atoms with E-state index in [4.69, 9.17) is 9.47 Å². The second-order valence-corrected chi connectivity index (χ2v) is 5.30. The van der Waals surface area contributed by atoms with E-state index >= 15 is 0 Å². The molecule has 0 aliphatic carbocycles. The molecule has 8 nitrogen and oxygen atoms in total. The first-order valence-electron chi connectivity index (χ1n) is 8.24. The van der Waals surface area contributed by atoms with Gasteiger partial charge in [0.2, 0.25) is 0 Å². The lowest BCUT2D eigenvalue weighted by molar-refractivity contribution is 0.351. The van der Waals surface area contributed by atoms with Gasteiger partial charge in [-0.1, -0.05) is 19.1 Å². The van der Waals surface area contributed by atoms with Gasteiger partial charge in [0.05, 0.1) is 14.2 Å². The zero-order valence-electron chi connectivity index (χ0n) is 15.2. The van der Waals surface area contributed by atoms with E-state index < -0.39 is 0 Å². The molecular formula is C17H26N6O2. The predicted molar refractivity (Wildman–Crippen MR) is 97.1 cm³/mol. The Morgan fingerprint density at radius 1 is 1.24 bits per heavy atom. The number of methoxy groups -OCH3 is 2. The lowest BCUT2D eigenvalue weighted by atomic mass is 10.2. The number of guanidine groups is 1. The molecule has 2 aromatic rings. The van der Waals surface area contributed by atoms with Crippen LogP contribution in [0.2, 0.25) is 0 Å². The van der Waals surface area contributed by atoms with Crippen LogP contribution in [0, 0.1) is 0 Å². The number of nitrogens with zero attached hydrogens (tertiary/aromatic N) is 4. The summed E-state index contributed by atoms with van der Waals surface area (Å²) in [4.78, 5) is 4.24. The molecule has 0 spiro atoms. The summed E-state index contributed by atoms with van der Waals surface area (Å²) in [5.41, 5.74) is 0.997. The van der Waals surface area contributed by atoms with Crippen LogP contribution in [0.3, 0.4) is 0 Å². The van der Waals surface area contributed by atoms with Crippen molar-refractivity contribution in [1.82, 2.24) is 25.4 Å². The van der Waals surface area contributed by atoms with Gasteiger partial charge in [0.25, 0.3) is 0 Å². The van der Waals surface area contributed by atoms with Gasteiger partial charge in [-0.3, -0.25) is 4.99 Å². The minimum Gasteiger partial charge on any atom is -0.493 e. The number of benzene rings is 1. The molecule has 1 aromatic heterocycles. The van der Waals surface area contributed by atoms with Crippen molar-refractivity contribution in [3.63, 3.8) is 0 Å². The third kappa shape index (κ3) is 4.85. The second kappa shape index (κ2) is 9.51. The van der Waals surface area contributed by atoms with Crippen molar-refractivity contribution in [2.24, 2.45) is 4.99 Å². The third-order valence-electron chi connectivity index (χ3n) is 3.81. The van der Waals surface area contributed by atoms with Crippen LogP contribution in [0.5, 0.6) is 11.5 Å². The van der Waals surface area contributed by atoms with Gasteiger partial charge in [0.1, 0.15) is 12.2 Å². The molecule has 136 valence electrons. The highest BCUT2D eigenvalue weighted by molar-refractivity contribution is 5.79. The Labute approximate surface area is 148 Å².